The number of nitrogens with zero attached hydrogens (tertiary/aromatic N) is 1. The Morgan fingerprint density at radius 2 is 1.87 bits per heavy atom. The number of aliphatic carboxylic acids is 1. The summed E-state index contributed by atoms with van der Waals surface area (Å²) < 4.78 is 0. The van der Waals surface area contributed by atoms with Gasteiger partial charge in [-0.05, 0) is 36.8 Å². The Kier molecular flexibility index (Phi) is 11.8. The molecule has 1 saturated heterocycles. The Balaban J connectivity index is 2.03. The zero-order valence-electron chi connectivity index (χ0n) is 23.2. The number of amides is 3. The summed E-state index contributed by atoms with van der Waals surface area (Å²) in [6.07, 6.45) is 0.849. The number of primary amides is 1. The third kappa shape index (κ3) is 9.85. The van der Waals surface area contributed by atoms with Crippen molar-refractivity contribution in [3.63, 3.8) is 0 Å². The second-order valence-corrected chi connectivity index (χ2v) is 12.1. The molecule has 1 fully saturated rings. The number of likely N-dealkylation sites (tertiary alicyclic amines) is 1. The number of allylic oxidation sites excluding steroid dienone is 1. The second-order valence-electron chi connectivity index (χ2n) is 11.0. The van der Waals surface area contributed by atoms with E-state index < -0.39 is 41.8 Å². The van der Waals surface area contributed by atoms with Gasteiger partial charge in [-0.1, -0.05) is 49.8 Å². The Bertz CT molecular complexity index is 1090. The van der Waals surface area contributed by atoms with Crippen LogP contribution in [0, 0.1) is 11.3 Å². The second kappa shape index (κ2) is 14.3. The van der Waals surface area contributed by atoms with E-state index in [-0.39, 0.29) is 44.2 Å². The molecule has 3 atom stereocenters. The number of β-amino-alcohol motifs (C(OH)–C–C–N with tert-alkyl or cyclic N) is 1. The van der Waals surface area contributed by atoms with Crippen LogP contribution in [0.15, 0.2) is 42.5 Å². The predicted octanol–water partition coefficient (Wildman–Crippen LogP) is 3.32. The molecule has 1 aromatic rings. The van der Waals surface area contributed by atoms with Crippen LogP contribution >= 0.6 is 11.8 Å². The number of carboxylic acids is 1. The van der Waals surface area contributed by atoms with Crippen molar-refractivity contribution in [2.24, 2.45) is 17.1 Å². The van der Waals surface area contributed by atoms with Crippen LogP contribution in [0.5, 0.6) is 0 Å². The lowest BCUT2D eigenvalue weighted by molar-refractivity contribution is -0.142. The lowest BCUT2D eigenvalue weighted by Crippen LogP contribution is -2.47. The topological polar surface area (TPSA) is 150 Å². The van der Waals surface area contributed by atoms with Crippen LogP contribution in [-0.2, 0) is 25.7 Å². The van der Waals surface area contributed by atoms with E-state index in [9.17, 15) is 24.3 Å². The highest BCUT2D eigenvalue weighted by molar-refractivity contribution is 8.08. The van der Waals surface area contributed by atoms with Crippen LogP contribution in [0.2, 0.25) is 0 Å². The predicted molar refractivity (Wildman–Crippen MR) is 153 cm³/mol. The first-order chi connectivity index (χ1) is 18.2. The smallest absolute Gasteiger partial charge is 0.304 e. The first-order valence-electron chi connectivity index (χ1n) is 13.0. The fourth-order valence-corrected chi connectivity index (χ4v) is 5.69. The van der Waals surface area contributed by atoms with E-state index in [1.807, 2.05) is 30.3 Å². The van der Waals surface area contributed by atoms with Crippen molar-refractivity contribution in [2.45, 2.75) is 72.1 Å². The molecular weight excluding hydrogens is 518 g/mol. The van der Waals surface area contributed by atoms with Gasteiger partial charge < -0.3 is 26.2 Å². The number of thioether (sulfide) groups is 1. The maximum absolute atomic E-state index is 13.2. The normalized spacial score (nSPS) is 17.8. The van der Waals surface area contributed by atoms with Gasteiger partial charge in [0.15, 0.2) is 0 Å². The number of hydrogen-bond donors (Lipinski definition) is 4. The maximum Gasteiger partial charge on any atom is 0.304 e. The Hall–Kier alpha value is -3.11. The number of benzene rings is 1. The average molecular weight is 560 g/mol. The summed E-state index contributed by atoms with van der Waals surface area (Å²) >= 11 is 1.72. The van der Waals surface area contributed by atoms with Gasteiger partial charge in [0.1, 0.15) is 6.04 Å². The van der Waals surface area contributed by atoms with Gasteiger partial charge in [0, 0.05) is 42.5 Å². The van der Waals surface area contributed by atoms with Gasteiger partial charge in [0.25, 0.3) is 0 Å². The fourth-order valence-electron chi connectivity index (χ4n) is 4.81. The summed E-state index contributed by atoms with van der Waals surface area (Å²) in [6.45, 7) is 11.7. The highest BCUT2D eigenvalue weighted by Crippen LogP contribution is 2.33. The van der Waals surface area contributed by atoms with Crippen LogP contribution < -0.4 is 11.1 Å². The van der Waals surface area contributed by atoms with Crippen molar-refractivity contribution >= 4 is 40.4 Å². The number of rotatable bonds is 14. The first kappa shape index (κ1) is 32.1. The number of hydrogen-bond acceptors (Lipinski definition) is 6. The molecule has 0 radical (unpaired) electrons. The minimum absolute atomic E-state index is 0.0229. The van der Waals surface area contributed by atoms with Gasteiger partial charge in [-0.25, -0.2) is 0 Å². The highest BCUT2D eigenvalue weighted by atomic mass is 32.2. The molecule has 2 rings (SSSR count). The van der Waals surface area contributed by atoms with Crippen molar-refractivity contribution in [1.29, 1.82) is 0 Å². The Labute approximate surface area is 234 Å². The van der Waals surface area contributed by atoms with Crippen molar-refractivity contribution < 1.29 is 29.4 Å². The lowest BCUT2D eigenvalue weighted by atomic mass is 9.78. The third-order valence-corrected chi connectivity index (χ3v) is 7.97. The molecule has 5 N–H and O–H groups in total. The minimum Gasteiger partial charge on any atom is -0.481 e. The van der Waals surface area contributed by atoms with E-state index in [1.165, 1.54) is 15.4 Å². The molecule has 1 aliphatic heterocycles. The molecular formula is C29H41N3O6S. The number of nitrogens with one attached hydrogen (secondary N) is 1. The molecule has 1 unspecified atom stereocenters. The van der Waals surface area contributed by atoms with E-state index in [0.29, 0.717) is 0 Å². The van der Waals surface area contributed by atoms with Crippen LogP contribution in [0.3, 0.4) is 0 Å². The van der Waals surface area contributed by atoms with Crippen LogP contribution in [0.25, 0.3) is 4.91 Å². The molecule has 0 aliphatic carbocycles. The minimum atomic E-state index is -1.14. The van der Waals surface area contributed by atoms with Gasteiger partial charge in [-0.3, -0.25) is 19.2 Å². The van der Waals surface area contributed by atoms with E-state index in [1.54, 1.807) is 25.6 Å². The van der Waals surface area contributed by atoms with Gasteiger partial charge in [0.05, 0.1) is 12.5 Å². The molecule has 0 aromatic heterocycles. The fraction of sp³-hybridized carbons (Fsp3) is 0.517. The SMILES string of the molecule is C=CCSC(=C(C)C)c1ccc(CNC(=O)[C@@H]2C[C@@H](O)CN2C(=O)CC(C)(C)CC(CC(=O)O)C(N)=O)cc1. The molecule has 0 saturated carbocycles. The van der Waals surface area contributed by atoms with E-state index in [0.717, 1.165) is 16.9 Å². The zero-order valence-corrected chi connectivity index (χ0v) is 24.1. The molecule has 1 aliphatic rings. The molecule has 1 heterocycles. The molecule has 39 heavy (non-hydrogen) atoms. The summed E-state index contributed by atoms with van der Waals surface area (Å²) in [5.74, 6) is -2.66. The number of nitrogens with two attached hydrogens (primary N) is 1. The number of carboxylic acid groups (broad SMARTS) is 1. The van der Waals surface area contributed by atoms with Gasteiger partial charge in [-0.2, -0.15) is 0 Å². The van der Waals surface area contributed by atoms with Crippen molar-refractivity contribution in [1.82, 2.24) is 10.2 Å². The van der Waals surface area contributed by atoms with Crippen LogP contribution in [0.1, 0.15) is 64.5 Å². The van der Waals surface area contributed by atoms with Gasteiger partial charge in [-0.15, -0.1) is 18.3 Å². The van der Waals surface area contributed by atoms with Crippen molar-refractivity contribution in [3.05, 3.63) is 53.6 Å². The average Bonchev–Trinajstić information content (AvgIpc) is 3.24. The van der Waals surface area contributed by atoms with Crippen molar-refractivity contribution in [2.75, 3.05) is 12.3 Å². The molecule has 0 bridgehead atoms. The van der Waals surface area contributed by atoms with Crippen molar-refractivity contribution in [3.8, 4) is 0 Å². The highest BCUT2D eigenvalue weighted by Gasteiger charge is 2.40. The summed E-state index contributed by atoms with van der Waals surface area (Å²) in [7, 11) is 0. The quantitative estimate of drug-likeness (QED) is 0.255. The molecule has 0 spiro atoms. The number of carbonyl (C=O) groups is 4. The summed E-state index contributed by atoms with van der Waals surface area (Å²) in [5, 5.41) is 22.2. The molecule has 3 amide bonds. The zero-order chi connectivity index (χ0) is 29.3. The van der Waals surface area contributed by atoms with E-state index in [4.69, 9.17) is 10.8 Å². The molecule has 9 nitrogen and oxygen atoms in total. The first-order valence-corrected chi connectivity index (χ1v) is 14.0. The van der Waals surface area contributed by atoms with Crippen LogP contribution in [0.4, 0.5) is 0 Å². The Morgan fingerprint density at radius 3 is 2.41 bits per heavy atom. The Morgan fingerprint density at radius 1 is 1.23 bits per heavy atom. The van der Waals surface area contributed by atoms with Gasteiger partial charge >= 0.3 is 5.97 Å². The number of aliphatic hydroxyl groups is 1. The summed E-state index contributed by atoms with van der Waals surface area (Å²) in [6, 6.07) is 7.12. The summed E-state index contributed by atoms with van der Waals surface area (Å²) in [4.78, 5) is 51.6. The van der Waals surface area contributed by atoms with Gasteiger partial charge in [0.2, 0.25) is 17.7 Å². The molecule has 10 heteroatoms. The van der Waals surface area contributed by atoms with E-state index >= 15 is 0 Å². The molecule has 214 valence electrons. The standard InChI is InChI=1S/C29H41N3O6S/c1-6-11-39-26(18(2)3)20-9-7-19(8-10-20)16-31-28(38)23-13-22(33)17-32(23)24(34)15-29(4,5)14-21(27(30)37)12-25(35)36/h6-10,21-23,33H,1,11-17H2,2-5H3,(H2,30,37)(H,31,38)(H,35,36)/t21?,22-,23+/m1/s1. The summed E-state index contributed by atoms with van der Waals surface area (Å²) in [5.41, 5.74) is 7.84. The van der Waals surface area contributed by atoms with Crippen LogP contribution in [-0.4, -0.2) is 63.2 Å². The number of aliphatic hydroxyl groups excluding tert-OH is 1. The third-order valence-electron chi connectivity index (χ3n) is 6.64. The molecule has 1 aromatic carbocycles. The largest absolute Gasteiger partial charge is 0.481 e. The van der Waals surface area contributed by atoms with E-state index in [2.05, 4.69) is 25.7 Å². The maximum atomic E-state index is 13.2. The number of carbonyl (C=O) groups excluding carboxylic acids is 3. The lowest BCUT2D eigenvalue weighted by Gasteiger charge is -2.31. The monoisotopic (exact) mass is 559 g/mol.